The van der Waals surface area contributed by atoms with Gasteiger partial charge in [-0.3, -0.25) is 9.67 Å². The average molecular weight is 395 g/mol. The molecule has 156 valence electrons. The van der Waals surface area contributed by atoms with Gasteiger partial charge in [0.15, 0.2) is 5.96 Å². The van der Waals surface area contributed by atoms with Crippen LogP contribution in [0.15, 0.2) is 41.5 Å². The molecular weight excluding hydrogens is 360 g/mol. The highest BCUT2D eigenvalue weighted by Crippen LogP contribution is 2.23. The molecular formula is C23H34N6. The monoisotopic (exact) mass is 394 g/mol. The highest BCUT2D eigenvalue weighted by Gasteiger charge is 2.25. The number of para-hydroxylation sites is 1. The largest absolute Gasteiger partial charge is 0.371 e. The van der Waals surface area contributed by atoms with Crippen LogP contribution in [0.5, 0.6) is 0 Å². The van der Waals surface area contributed by atoms with Gasteiger partial charge in [0.1, 0.15) is 0 Å². The van der Waals surface area contributed by atoms with Crippen LogP contribution in [0.4, 0.5) is 5.69 Å². The highest BCUT2D eigenvalue weighted by molar-refractivity contribution is 5.80. The van der Waals surface area contributed by atoms with Crippen molar-refractivity contribution in [2.45, 2.75) is 51.6 Å². The molecule has 1 saturated heterocycles. The van der Waals surface area contributed by atoms with Crippen LogP contribution >= 0.6 is 0 Å². The van der Waals surface area contributed by atoms with Gasteiger partial charge in [0.2, 0.25) is 0 Å². The lowest BCUT2D eigenvalue weighted by Crippen LogP contribution is -2.47. The maximum atomic E-state index is 4.79. The number of anilines is 1. The Kier molecular flexibility index (Phi) is 6.07. The third-order valence-corrected chi connectivity index (χ3v) is 6.16. The van der Waals surface area contributed by atoms with Crippen molar-refractivity contribution in [3.05, 3.63) is 47.8 Å². The van der Waals surface area contributed by atoms with E-state index in [0.29, 0.717) is 18.0 Å². The Hall–Kier alpha value is -2.50. The molecule has 4 rings (SSSR count). The Morgan fingerprint density at radius 1 is 1.24 bits per heavy atom. The second-order valence-electron chi connectivity index (χ2n) is 8.65. The number of aliphatic imine (C=N–C) groups is 1. The molecule has 2 N–H and O–H groups in total. The fourth-order valence-corrected chi connectivity index (χ4v) is 4.40. The fourth-order valence-electron chi connectivity index (χ4n) is 4.40. The fraction of sp³-hybridized carbons (Fsp3) is 0.565. The SMILES string of the molecule is CN=C(NCC1CCN(c2ccccc2)C1)NC1CCc2cn(C(C)C)nc2C1. The van der Waals surface area contributed by atoms with Crippen molar-refractivity contribution < 1.29 is 0 Å². The smallest absolute Gasteiger partial charge is 0.191 e. The van der Waals surface area contributed by atoms with Gasteiger partial charge >= 0.3 is 0 Å². The first-order valence-electron chi connectivity index (χ1n) is 11.0. The Morgan fingerprint density at radius 3 is 2.83 bits per heavy atom. The van der Waals surface area contributed by atoms with E-state index in [1.807, 2.05) is 7.05 Å². The topological polar surface area (TPSA) is 57.5 Å². The Labute approximate surface area is 174 Å². The zero-order valence-corrected chi connectivity index (χ0v) is 17.9. The molecule has 2 atom stereocenters. The van der Waals surface area contributed by atoms with Crippen LogP contribution < -0.4 is 15.5 Å². The number of nitrogens with zero attached hydrogens (tertiary/aromatic N) is 4. The molecule has 2 heterocycles. The number of benzene rings is 1. The maximum Gasteiger partial charge on any atom is 0.191 e. The molecule has 1 aliphatic carbocycles. The Balaban J connectivity index is 1.26. The van der Waals surface area contributed by atoms with Crippen molar-refractivity contribution in [2.75, 3.05) is 31.6 Å². The minimum atomic E-state index is 0.397. The number of nitrogens with one attached hydrogen (secondary N) is 2. The second kappa shape index (κ2) is 8.89. The molecule has 29 heavy (non-hydrogen) atoms. The Bertz CT molecular complexity index is 825. The molecule has 1 aromatic carbocycles. The van der Waals surface area contributed by atoms with Crippen LogP contribution in [0.1, 0.15) is 44.0 Å². The normalized spacial score (nSPS) is 22.1. The number of fused-ring (bicyclic) bond motifs is 1. The van der Waals surface area contributed by atoms with Crippen LogP contribution in [0.3, 0.4) is 0 Å². The van der Waals surface area contributed by atoms with E-state index in [0.717, 1.165) is 44.9 Å². The van der Waals surface area contributed by atoms with Crippen molar-refractivity contribution >= 4 is 11.6 Å². The number of hydrogen-bond acceptors (Lipinski definition) is 3. The van der Waals surface area contributed by atoms with E-state index in [1.165, 1.54) is 23.4 Å². The summed E-state index contributed by atoms with van der Waals surface area (Å²) in [5, 5.41) is 12.0. The minimum absolute atomic E-state index is 0.397. The second-order valence-corrected chi connectivity index (χ2v) is 8.65. The van der Waals surface area contributed by atoms with Crippen molar-refractivity contribution in [1.29, 1.82) is 0 Å². The molecule has 6 heteroatoms. The molecule has 1 aromatic heterocycles. The van der Waals surface area contributed by atoms with E-state index >= 15 is 0 Å². The average Bonchev–Trinajstić information content (AvgIpc) is 3.38. The van der Waals surface area contributed by atoms with Crippen LogP contribution in [0, 0.1) is 5.92 Å². The molecule has 0 amide bonds. The number of aryl methyl sites for hydroxylation is 1. The van der Waals surface area contributed by atoms with E-state index in [4.69, 9.17) is 5.10 Å². The molecule has 2 aliphatic rings. The van der Waals surface area contributed by atoms with Crippen molar-refractivity contribution in [3.63, 3.8) is 0 Å². The lowest BCUT2D eigenvalue weighted by atomic mass is 9.94. The standard InChI is InChI=1S/C23H34N6/c1-17(2)29-16-19-9-10-20(13-22(19)27-29)26-23(24-3)25-14-18-11-12-28(15-18)21-7-5-4-6-8-21/h4-8,16-18,20H,9-15H2,1-3H3,(H2,24,25,26). The third kappa shape index (κ3) is 4.74. The molecule has 0 radical (unpaired) electrons. The molecule has 0 bridgehead atoms. The Morgan fingerprint density at radius 2 is 2.07 bits per heavy atom. The third-order valence-electron chi connectivity index (χ3n) is 6.16. The lowest BCUT2D eigenvalue weighted by molar-refractivity contribution is 0.494. The predicted octanol–water partition coefficient (Wildman–Crippen LogP) is 3.01. The molecule has 6 nitrogen and oxygen atoms in total. The summed E-state index contributed by atoms with van der Waals surface area (Å²) in [6.07, 6.45) is 6.63. The van der Waals surface area contributed by atoms with Crippen LogP contribution in [0.25, 0.3) is 0 Å². The summed E-state index contributed by atoms with van der Waals surface area (Å²) in [6, 6.07) is 11.5. The molecule has 0 saturated carbocycles. The minimum Gasteiger partial charge on any atom is -0.371 e. The van der Waals surface area contributed by atoms with Crippen LogP contribution in [-0.2, 0) is 12.8 Å². The number of hydrogen-bond donors (Lipinski definition) is 2. The molecule has 2 unspecified atom stereocenters. The van der Waals surface area contributed by atoms with E-state index in [9.17, 15) is 0 Å². The lowest BCUT2D eigenvalue weighted by Gasteiger charge is -2.25. The van der Waals surface area contributed by atoms with E-state index in [-0.39, 0.29) is 0 Å². The summed E-state index contributed by atoms with van der Waals surface area (Å²) in [7, 11) is 1.86. The van der Waals surface area contributed by atoms with Crippen molar-refractivity contribution in [3.8, 4) is 0 Å². The van der Waals surface area contributed by atoms with Gasteiger partial charge in [-0.05, 0) is 56.7 Å². The summed E-state index contributed by atoms with van der Waals surface area (Å²) >= 11 is 0. The van der Waals surface area contributed by atoms with Gasteiger partial charge in [-0.2, -0.15) is 5.10 Å². The summed E-state index contributed by atoms with van der Waals surface area (Å²) in [6.45, 7) is 7.56. The maximum absolute atomic E-state index is 4.79. The summed E-state index contributed by atoms with van der Waals surface area (Å²) in [4.78, 5) is 6.95. The van der Waals surface area contributed by atoms with Gasteiger partial charge in [-0.1, -0.05) is 18.2 Å². The zero-order chi connectivity index (χ0) is 20.2. The first-order chi connectivity index (χ1) is 14.1. The van der Waals surface area contributed by atoms with E-state index in [2.05, 4.69) is 75.6 Å². The molecule has 0 spiro atoms. The number of rotatable bonds is 5. The summed E-state index contributed by atoms with van der Waals surface area (Å²) in [5.74, 6) is 1.56. The van der Waals surface area contributed by atoms with E-state index < -0.39 is 0 Å². The highest BCUT2D eigenvalue weighted by atomic mass is 15.3. The van der Waals surface area contributed by atoms with Gasteiger partial charge in [0, 0.05) is 57.1 Å². The summed E-state index contributed by atoms with van der Waals surface area (Å²) < 4.78 is 2.10. The van der Waals surface area contributed by atoms with Gasteiger partial charge in [-0.15, -0.1) is 0 Å². The predicted molar refractivity (Wildman–Crippen MR) is 120 cm³/mol. The molecule has 1 aliphatic heterocycles. The van der Waals surface area contributed by atoms with Gasteiger partial charge < -0.3 is 15.5 Å². The van der Waals surface area contributed by atoms with Gasteiger partial charge in [-0.25, -0.2) is 0 Å². The van der Waals surface area contributed by atoms with E-state index in [1.54, 1.807) is 0 Å². The van der Waals surface area contributed by atoms with Gasteiger partial charge in [0.05, 0.1) is 5.69 Å². The first kappa shape index (κ1) is 19.8. The van der Waals surface area contributed by atoms with Crippen LogP contribution in [-0.4, -0.2) is 48.5 Å². The zero-order valence-electron chi connectivity index (χ0n) is 17.9. The first-order valence-corrected chi connectivity index (χ1v) is 11.0. The van der Waals surface area contributed by atoms with Crippen LogP contribution in [0.2, 0.25) is 0 Å². The quantitative estimate of drug-likeness (QED) is 0.605. The van der Waals surface area contributed by atoms with Gasteiger partial charge in [0.25, 0.3) is 0 Å². The number of aromatic nitrogens is 2. The summed E-state index contributed by atoms with van der Waals surface area (Å²) in [5.41, 5.74) is 3.98. The van der Waals surface area contributed by atoms with Crippen molar-refractivity contribution in [2.24, 2.45) is 10.9 Å². The molecule has 1 fully saturated rings. The molecule has 2 aromatic rings. The number of guanidine groups is 1. The van der Waals surface area contributed by atoms with Crippen molar-refractivity contribution in [1.82, 2.24) is 20.4 Å².